The molecule has 0 amide bonds. The molecule has 88 valence electrons. The Morgan fingerprint density at radius 2 is 1.88 bits per heavy atom. The zero-order valence-electron chi connectivity index (χ0n) is 9.40. The Morgan fingerprint density at radius 3 is 2.53 bits per heavy atom. The Balaban J connectivity index is 2.11. The lowest BCUT2D eigenvalue weighted by molar-refractivity contribution is 0.898. The minimum Gasteiger partial charge on any atom is -0.355 e. The summed E-state index contributed by atoms with van der Waals surface area (Å²) in [7, 11) is 2.00. The smallest absolute Gasteiger partial charge is 0.131 e. The van der Waals surface area contributed by atoms with E-state index >= 15 is 0 Å². The lowest BCUT2D eigenvalue weighted by atomic mass is 10.2. The number of hydrogen-bond donors (Lipinski definition) is 0. The lowest BCUT2D eigenvalue weighted by Gasteiger charge is -2.18. The fourth-order valence-electron chi connectivity index (χ4n) is 1.55. The van der Waals surface area contributed by atoms with Crippen molar-refractivity contribution in [2.75, 3.05) is 11.9 Å². The van der Waals surface area contributed by atoms with Crippen LogP contribution in [-0.2, 0) is 6.54 Å². The highest BCUT2D eigenvalue weighted by atomic mass is 79.9. The van der Waals surface area contributed by atoms with Crippen LogP contribution in [0.15, 0.2) is 46.9 Å². The first kappa shape index (κ1) is 12.4. The summed E-state index contributed by atoms with van der Waals surface area (Å²) < 4.78 is 1.09. The van der Waals surface area contributed by atoms with Crippen molar-refractivity contribution in [3.8, 4) is 0 Å². The van der Waals surface area contributed by atoms with Crippen molar-refractivity contribution in [2.45, 2.75) is 6.54 Å². The van der Waals surface area contributed by atoms with Gasteiger partial charge in [0.15, 0.2) is 0 Å². The Kier molecular flexibility index (Phi) is 4.02. The van der Waals surface area contributed by atoms with E-state index in [0.29, 0.717) is 5.15 Å². The molecule has 0 saturated carbocycles. The van der Waals surface area contributed by atoms with Gasteiger partial charge >= 0.3 is 0 Å². The number of hydrogen-bond acceptors (Lipinski definition) is 2. The molecular formula is C13H12BrClN2. The van der Waals surface area contributed by atoms with Crippen molar-refractivity contribution < 1.29 is 0 Å². The van der Waals surface area contributed by atoms with Crippen LogP contribution in [0.25, 0.3) is 0 Å². The van der Waals surface area contributed by atoms with Crippen LogP contribution in [0, 0.1) is 0 Å². The first-order valence-corrected chi connectivity index (χ1v) is 6.40. The van der Waals surface area contributed by atoms with E-state index in [1.54, 1.807) is 6.07 Å². The van der Waals surface area contributed by atoms with Gasteiger partial charge in [-0.15, -0.1) is 0 Å². The summed E-state index contributed by atoms with van der Waals surface area (Å²) >= 11 is 9.29. The van der Waals surface area contributed by atoms with E-state index in [4.69, 9.17) is 11.6 Å². The standard InChI is InChI=1S/C13H12BrClN2/c1-17(13-4-2-3-12(15)16-13)9-10-5-7-11(14)8-6-10/h2-8H,9H2,1H3. The molecule has 2 nitrogen and oxygen atoms in total. The first-order valence-electron chi connectivity index (χ1n) is 5.23. The fraction of sp³-hybridized carbons (Fsp3) is 0.154. The second kappa shape index (κ2) is 5.52. The summed E-state index contributed by atoms with van der Waals surface area (Å²) in [5.74, 6) is 0.875. The van der Waals surface area contributed by atoms with Crippen molar-refractivity contribution >= 4 is 33.3 Å². The quantitative estimate of drug-likeness (QED) is 0.792. The van der Waals surface area contributed by atoms with Gasteiger partial charge in [0.25, 0.3) is 0 Å². The van der Waals surface area contributed by atoms with Crippen LogP contribution >= 0.6 is 27.5 Å². The predicted octanol–water partition coefficient (Wildman–Crippen LogP) is 4.13. The molecule has 0 aliphatic rings. The number of anilines is 1. The first-order chi connectivity index (χ1) is 8.15. The lowest BCUT2D eigenvalue weighted by Crippen LogP contribution is -2.17. The van der Waals surface area contributed by atoms with E-state index in [2.05, 4.69) is 37.9 Å². The van der Waals surface area contributed by atoms with Crippen LogP contribution in [-0.4, -0.2) is 12.0 Å². The van der Waals surface area contributed by atoms with Gasteiger partial charge in [-0.2, -0.15) is 0 Å². The number of benzene rings is 1. The fourth-order valence-corrected chi connectivity index (χ4v) is 1.98. The van der Waals surface area contributed by atoms with Gasteiger partial charge in [-0.05, 0) is 29.8 Å². The van der Waals surface area contributed by atoms with Crippen molar-refractivity contribution in [3.63, 3.8) is 0 Å². The second-order valence-corrected chi connectivity index (χ2v) is 5.10. The average Bonchev–Trinajstić information content (AvgIpc) is 2.32. The largest absolute Gasteiger partial charge is 0.355 e. The van der Waals surface area contributed by atoms with Crippen molar-refractivity contribution in [2.24, 2.45) is 0 Å². The van der Waals surface area contributed by atoms with Gasteiger partial charge in [-0.3, -0.25) is 0 Å². The Morgan fingerprint density at radius 1 is 1.18 bits per heavy atom. The summed E-state index contributed by atoms with van der Waals surface area (Å²) in [6.45, 7) is 0.806. The third kappa shape index (κ3) is 3.45. The molecule has 1 aromatic heterocycles. The van der Waals surface area contributed by atoms with Crippen molar-refractivity contribution in [1.82, 2.24) is 4.98 Å². The number of halogens is 2. The van der Waals surface area contributed by atoms with Crippen LogP contribution < -0.4 is 4.90 Å². The van der Waals surface area contributed by atoms with Gasteiger partial charge in [-0.25, -0.2) is 4.98 Å². The maximum atomic E-state index is 5.87. The topological polar surface area (TPSA) is 16.1 Å². The van der Waals surface area contributed by atoms with Crippen LogP contribution in [0.2, 0.25) is 5.15 Å². The zero-order valence-corrected chi connectivity index (χ0v) is 11.7. The maximum absolute atomic E-state index is 5.87. The maximum Gasteiger partial charge on any atom is 0.131 e. The number of rotatable bonds is 3. The summed E-state index contributed by atoms with van der Waals surface area (Å²) in [4.78, 5) is 6.33. The van der Waals surface area contributed by atoms with E-state index in [1.807, 2.05) is 31.3 Å². The molecule has 1 aromatic carbocycles. The zero-order chi connectivity index (χ0) is 12.3. The van der Waals surface area contributed by atoms with Gasteiger partial charge < -0.3 is 4.90 Å². The van der Waals surface area contributed by atoms with E-state index in [1.165, 1.54) is 5.56 Å². The van der Waals surface area contributed by atoms with Crippen LogP contribution in [0.3, 0.4) is 0 Å². The Hall–Kier alpha value is -1.06. The van der Waals surface area contributed by atoms with Crippen LogP contribution in [0.5, 0.6) is 0 Å². The highest BCUT2D eigenvalue weighted by Crippen LogP contribution is 2.17. The van der Waals surface area contributed by atoms with Crippen LogP contribution in [0.4, 0.5) is 5.82 Å². The Bertz CT molecular complexity index is 499. The van der Waals surface area contributed by atoms with Gasteiger partial charge in [0.2, 0.25) is 0 Å². The second-order valence-electron chi connectivity index (χ2n) is 3.80. The molecule has 0 unspecified atom stereocenters. The molecule has 0 atom stereocenters. The van der Waals surface area contributed by atoms with E-state index in [9.17, 15) is 0 Å². The van der Waals surface area contributed by atoms with Crippen LogP contribution in [0.1, 0.15) is 5.56 Å². The number of pyridine rings is 1. The Labute approximate surface area is 114 Å². The molecule has 0 aliphatic carbocycles. The minimum atomic E-state index is 0.519. The molecule has 0 fully saturated rings. The molecule has 0 radical (unpaired) electrons. The molecule has 4 heteroatoms. The van der Waals surface area contributed by atoms with Gasteiger partial charge in [0, 0.05) is 18.1 Å². The van der Waals surface area contributed by atoms with Gasteiger partial charge in [0.1, 0.15) is 11.0 Å². The minimum absolute atomic E-state index is 0.519. The summed E-state index contributed by atoms with van der Waals surface area (Å²) in [6, 6.07) is 13.9. The summed E-state index contributed by atoms with van der Waals surface area (Å²) in [5, 5.41) is 0.519. The molecule has 0 bridgehead atoms. The highest BCUT2D eigenvalue weighted by molar-refractivity contribution is 9.10. The number of nitrogens with zero attached hydrogens (tertiary/aromatic N) is 2. The molecular weight excluding hydrogens is 300 g/mol. The van der Waals surface area contributed by atoms with Crippen molar-refractivity contribution in [3.05, 3.63) is 57.7 Å². The average molecular weight is 312 g/mol. The monoisotopic (exact) mass is 310 g/mol. The SMILES string of the molecule is CN(Cc1ccc(Br)cc1)c1cccc(Cl)n1. The third-order valence-electron chi connectivity index (χ3n) is 2.42. The van der Waals surface area contributed by atoms with E-state index in [0.717, 1.165) is 16.8 Å². The third-order valence-corrected chi connectivity index (χ3v) is 3.16. The predicted molar refractivity (Wildman–Crippen MR) is 75.5 cm³/mol. The summed E-state index contributed by atoms with van der Waals surface area (Å²) in [6.07, 6.45) is 0. The normalized spacial score (nSPS) is 10.3. The number of aromatic nitrogens is 1. The van der Waals surface area contributed by atoms with Gasteiger partial charge in [0.05, 0.1) is 0 Å². The van der Waals surface area contributed by atoms with Crippen molar-refractivity contribution in [1.29, 1.82) is 0 Å². The molecule has 2 rings (SSSR count). The molecule has 1 heterocycles. The van der Waals surface area contributed by atoms with E-state index < -0.39 is 0 Å². The van der Waals surface area contributed by atoms with Gasteiger partial charge in [-0.1, -0.05) is 45.7 Å². The molecule has 0 aliphatic heterocycles. The highest BCUT2D eigenvalue weighted by Gasteiger charge is 2.03. The molecule has 0 N–H and O–H groups in total. The molecule has 2 aromatic rings. The summed E-state index contributed by atoms with van der Waals surface area (Å²) in [5.41, 5.74) is 1.23. The molecule has 17 heavy (non-hydrogen) atoms. The molecule has 0 saturated heterocycles. The van der Waals surface area contributed by atoms with E-state index in [-0.39, 0.29) is 0 Å². The molecule has 0 spiro atoms.